The monoisotopic (exact) mass is 203 g/mol. The van der Waals surface area contributed by atoms with E-state index >= 15 is 0 Å². The minimum absolute atomic E-state index is 0.408. The number of nitrogens with zero attached hydrogens (tertiary/aromatic N) is 1. The van der Waals surface area contributed by atoms with E-state index < -0.39 is 0 Å². The third kappa shape index (κ3) is 1.63. The lowest BCUT2D eigenvalue weighted by Gasteiger charge is -2.40. The summed E-state index contributed by atoms with van der Waals surface area (Å²) in [6.07, 6.45) is 5.27. The van der Waals surface area contributed by atoms with Crippen molar-refractivity contribution in [3.63, 3.8) is 0 Å². The van der Waals surface area contributed by atoms with Gasteiger partial charge in [-0.3, -0.25) is 4.90 Å². The molecule has 0 saturated heterocycles. The van der Waals surface area contributed by atoms with Crippen molar-refractivity contribution in [2.24, 2.45) is 0 Å². The molecule has 0 atom stereocenters. The van der Waals surface area contributed by atoms with Crippen LogP contribution in [0.2, 0.25) is 0 Å². The van der Waals surface area contributed by atoms with Crippen molar-refractivity contribution in [1.82, 2.24) is 4.90 Å². The van der Waals surface area contributed by atoms with Crippen molar-refractivity contribution in [3.8, 4) is 5.75 Å². The van der Waals surface area contributed by atoms with Crippen molar-refractivity contribution < 1.29 is 5.11 Å². The van der Waals surface area contributed by atoms with Crippen LogP contribution in [0.25, 0.3) is 0 Å². The van der Waals surface area contributed by atoms with Crippen LogP contribution in [0.1, 0.15) is 30.4 Å². The molecule has 0 unspecified atom stereocenters. The average molecular weight is 203 g/mol. The van der Waals surface area contributed by atoms with E-state index in [1.807, 2.05) is 12.1 Å². The second-order valence-electron chi connectivity index (χ2n) is 4.76. The van der Waals surface area contributed by atoms with Gasteiger partial charge in [0, 0.05) is 19.1 Å². The van der Waals surface area contributed by atoms with Crippen LogP contribution in [0.5, 0.6) is 5.75 Å². The molecule has 1 N–H and O–H groups in total. The first-order valence-corrected chi connectivity index (χ1v) is 5.88. The summed E-state index contributed by atoms with van der Waals surface area (Å²) in [5, 5.41) is 9.41. The van der Waals surface area contributed by atoms with Gasteiger partial charge in [0.15, 0.2) is 0 Å². The van der Waals surface area contributed by atoms with E-state index in [0.29, 0.717) is 5.75 Å². The third-order valence-electron chi connectivity index (χ3n) is 3.82. The van der Waals surface area contributed by atoms with Gasteiger partial charge in [0.05, 0.1) is 0 Å². The molecule has 1 aromatic carbocycles. The average Bonchev–Trinajstić information content (AvgIpc) is 2.15. The van der Waals surface area contributed by atoms with Gasteiger partial charge >= 0.3 is 0 Å². The lowest BCUT2D eigenvalue weighted by Crippen LogP contribution is -2.42. The number of phenolic OH excluding ortho intramolecular Hbond substituents is 1. The van der Waals surface area contributed by atoms with E-state index in [2.05, 4.69) is 11.0 Å². The van der Waals surface area contributed by atoms with Crippen LogP contribution < -0.4 is 0 Å². The summed E-state index contributed by atoms with van der Waals surface area (Å²) in [7, 11) is 0. The topological polar surface area (TPSA) is 23.5 Å². The van der Waals surface area contributed by atoms with Gasteiger partial charge in [0.2, 0.25) is 0 Å². The van der Waals surface area contributed by atoms with Crippen LogP contribution in [0.15, 0.2) is 18.2 Å². The standard InChI is InChI=1S/C13H17NO/c15-13-5-4-11-9-14(12-2-1-3-12)7-6-10(11)8-13/h4-5,8,12,15H,1-3,6-7,9H2. The molecule has 2 aliphatic rings. The van der Waals surface area contributed by atoms with E-state index in [4.69, 9.17) is 0 Å². The Labute approximate surface area is 90.5 Å². The minimum atomic E-state index is 0.408. The maximum absolute atomic E-state index is 9.41. The molecule has 3 rings (SSSR count). The van der Waals surface area contributed by atoms with Crippen LogP contribution in [0, 0.1) is 0 Å². The zero-order valence-corrected chi connectivity index (χ0v) is 8.95. The first-order chi connectivity index (χ1) is 7.33. The SMILES string of the molecule is Oc1ccc2c(c1)CCN(C1CCC1)C2. The van der Waals surface area contributed by atoms with Crippen molar-refractivity contribution >= 4 is 0 Å². The van der Waals surface area contributed by atoms with Gasteiger partial charge in [0.1, 0.15) is 5.75 Å². The highest BCUT2D eigenvalue weighted by molar-refractivity contribution is 5.36. The molecule has 2 heteroatoms. The quantitative estimate of drug-likeness (QED) is 0.757. The van der Waals surface area contributed by atoms with Crippen molar-refractivity contribution in [2.45, 2.75) is 38.3 Å². The number of fused-ring (bicyclic) bond motifs is 1. The molecule has 1 aromatic rings. The molecule has 1 fully saturated rings. The highest BCUT2D eigenvalue weighted by Gasteiger charge is 2.27. The molecule has 2 nitrogen and oxygen atoms in total. The summed E-state index contributed by atoms with van der Waals surface area (Å²) in [5.41, 5.74) is 2.75. The zero-order chi connectivity index (χ0) is 10.3. The number of aromatic hydroxyl groups is 1. The Morgan fingerprint density at radius 3 is 2.80 bits per heavy atom. The maximum Gasteiger partial charge on any atom is 0.115 e. The van der Waals surface area contributed by atoms with Gasteiger partial charge in [0.25, 0.3) is 0 Å². The van der Waals surface area contributed by atoms with E-state index in [9.17, 15) is 5.11 Å². The molecule has 0 bridgehead atoms. The smallest absolute Gasteiger partial charge is 0.115 e. The number of hydrogen-bond donors (Lipinski definition) is 1. The summed E-state index contributed by atoms with van der Waals surface area (Å²) >= 11 is 0. The van der Waals surface area contributed by atoms with Gasteiger partial charge in [-0.25, -0.2) is 0 Å². The highest BCUT2D eigenvalue weighted by Crippen LogP contribution is 2.30. The summed E-state index contributed by atoms with van der Waals surface area (Å²) in [5.74, 6) is 0.408. The molecule has 0 spiro atoms. The molecule has 1 aliphatic carbocycles. The van der Waals surface area contributed by atoms with Crippen LogP contribution in [-0.4, -0.2) is 22.6 Å². The molecular formula is C13H17NO. The molecule has 1 saturated carbocycles. The van der Waals surface area contributed by atoms with Crippen LogP contribution in [0.4, 0.5) is 0 Å². The Kier molecular flexibility index (Phi) is 2.17. The van der Waals surface area contributed by atoms with E-state index in [1.165, 1.54) is 36.9 Å². The zero-order valence-electron chi connectivity index (χ0n) is 8.95. The van der Waals surface area contributed by atoms with E-state index in [1.54, 1.807) is 0 Å². The first kappa shape index (κ1) is 9.22. The summed E-state index contributed by atoms with van der Waals surface area (Å²) < 4.78 is 0. The Morgan fingerprint density at radius 1 is 1.20 bits per heavy atom. The summed E-state index contributed by atoms with van der Waals surface area (Å²) in [4.78, 5) is 2.60. The number of benzene rings is 1. The Balaban J connectivity index is 1.80. The summed E-state index contributed by atoms with van der Waals surface area (Å²) in [6.45, 7) is 2.25. The van der Waals surface area contributed by atoms with Crippen molar-refractivity contribution in [3.05, 3.63) is 29.3 Å². The normalized spacial score (nSPS) is 22.1. The molecule has 80 valence electrons. The third-order valence-corrected chi connectivity index (χ3v) is 3.82. The predicted molar refractivity (Wildman–Crippen MR) is 59.9 cm³/mol. The summed E-state index contributed by atoms with van der Waals surface area (Å²) in [6, 6.07) is 6.65. The largest absolute Gasteiger partial charge is 0.508 e. The first-order valence-electron chi connectivity index (χ1n) is 5.88. The van der Waals surface area contributed by atoms with Gasteiger partial charge in [-0.15, -0.1) is 0 Å². The fourth-order valence-electron chi connectivity index (χ4n) is 2.62. The fourth-order valence-corrected chi connectivity index (χ4v) is 2.62. The van der Waals surface area contributed by atoms with E-state index in [-0.39, 0.29) is 0 Å². The molecule has 1 aliphatic heterocycles. The van der Waals surface area contributed by atoms with Gasteiger partial charge in [-0.2, -0.15) is 0 Å². The van der Waals surface area contributed by atoms with Crippen LogP contribution in [-0.2, 0) is 13.0 Å². The predicted octanol–water partition coefficient (Wildman–Crippen LogP) is 2.30. The maximum atomic E-state index is 9.41. The van der Waals surface area contributed by atoms with Gasteiger partial charge < -0.3 is 5.11 Å². The lowest BCUT2D eigenvalue weighted by atomic mass is 9.88. The minimum Gasteiger partial charge on any atom is -0.508 e. The van der Waals surface area contributed by atoms with Crippen LogP contribution >= 0.6 is 0 Å². The number of phenols is 1. The second kappa shape index (κ2) is 3.53. The van der Waals surface area contributed by atoms with Gasteiger partial charge in [-0.05, 0) is 42.5 Å². The number of rotatable bonds is 1. The van der Waals surface area contributed by atoms with Crippen molar-refractivity contribution in [1.29, 1.82) is 0 Å². The number of hydrogen-bond acceptors (Lipinski definition) is 2. The second-order valence-corrected chi connectivity index (χ2v) is 4.76. The van der Waals surface area contributed by atoms with Crippen LogP contribution in [0.3, 0.4) is 0 Å². The van der Waals surface area contributed by atoms with Crippen molar-refractivity contribution in [2.75, 3.05) is 6.54 Å². The molecule has 1 heterocycles. The fraction of sp³-hybridized carbons (Fsp3) is 0.538. The molecule has 0 aromatic heterocycles. The van der Waals surface area contributed by atoms with Gasteiger partial charge in [-0.1, -0.05) is 12.5 Å². The molecular weight excluding hydrogens is 186 g/mol. The van der Waals surface area contributed by atoms with E-state index in [0.717, 1.165) is 19.0 Å². The Morgan fingerprint density at radius 2 is 2.07 bits per heavy atom. The molecule has 0 amide bonds. The highest BCUT2D eigenvalue weighted by atomic mass is 16.3. The lowest BCUT2D eigenvalue weighted by molar-refractivity contribution is 0.113. The Bertz CT molecular complexity index is 371. The molecule has 0 radical (unpaired) electrons. The Hall–Kier alpha value is -1.02. The molecule has 15 heavy (non-hydrogen) atoms.